The number of aliphatic carboxylic acids is 1. The van der Waals surface area contributed by atoms with E-state index in [0.717, 1.165) is 6.33 Å². The van der Waals surface area contributed by atoms with E-state index in [1.165, 1.54) is 11.3 Å². The SMILES string of the molecule is O=C(O)CN(CC(F)(F)F)c1ncnc2ccsc12. The van der Waals surface area contributed by atoms with Crippen LogP contribution in [-0.4, -0.2) is 40.3 Å². The fourth-order valence-corrected chi connectivity index (χ4v) is 2.45. The average Bonchev–Trinajstić information content (AvgIpc) is 2.72. The maximum atomic E-state index is 12.5. The van der Waals surface area contributed by atoms with Gasteiger partial charge in [-0.15, -0.1) is 11.3 Å². The van der Waals surface area contributed by atoms with Crippen LogP contribution < -0.4 is 4.90 Å². The summed E-state index contributed by atoms with van der Waals surface area (Å²) in [6, 6.07) is 1.64. The molecule has 0 aliphatic carbocycles. The van der Waals surface area contributed by atoms with Gasteiger partial charge in [0.2, 0.25) is 0 Å². The Morgan fingerprint density at radius 2 is 2.16 bits per heavy atom. The molecule has 0 fully saturated rings. The Morgan fingerprint density at radius 1 is 1.42 bits per heavy atom. The van der Waals surface area contributed by atoms with Gasteiger partial charge in [0.1, 0.15) is 19.4 Å². The van der Waals surface area contributed by atoms with E-state index in [4.69, 9.17) is 5.11 Å². The first-order valence-corrected chi connectivity index (χ1v) is 5.96. The van der Waals surface area contributed by atoms with Gasteiger partial charge in [0.05, 0.1) is 10.2 Å². The van der Waals surface area contributed by atoms with Crippen molar-refractivity contribution in [2.45, 2.75) is 6.18 Å². The van der Waals surface area contributed by atoms with Crippen molar-refractivity contribution in [2.24, 2.45) is 0 Å². The van der Waals surface area contributed by atoms with E-state index in [9.17, 15) is 18.0 Å². The van der Waals surface area contributed by atoms with Crippen LogP contribution >= 0.6 is 11.3 Å². The van der Waals surface area contributed by atoms with Crippen molar-refractivity contribution in [3.05, 3.63) is 17.8 Å². The highest BCUT2D eigenvalue weighted by atomic mass is 32.1. The molecule has 102 valence electrons. The Hall–Kier alpha value is -1.90. The number of carboxylic acids is 1. The molecule has 2 aromatic heterocycles. The summed E-state index contributed by atoms with van der Waals surface area (Å²) in [5, 5.41) is 10.4. The van der Waals surface area contributed by atoms with Crippen LogP contribution in [0, 0.1) is 0 Å². The number of alkyl halides is 3. The van der Waals surface area contributed by atoms with Gasteiger partial charge in [0, 0.05) is 0 Å². The molecule has 0 radical (unpaired) electrons. The van der Waals surface area contributed by atoms with Crippen LogP contribution in [0.4, 0.5) is 19.0 Å². The molecular formula is C10H8F3N3O2S. The number of hydrogen-bond acceptors (Lipinski definition) is 5. The predicted molar refractivity (Wildman–Crippen MR) is 63.3 cm³/mol. The van der Waals surface area contributed by atoms with Gasteiger partial charge < -0.3 is 10.0 Å². The summed E-state index contributed by atoms with van der Waals surface area (Å²) >= 11 is 1.17. The molecule has 19 heavy (non-hydrogen) atoms. The topological polar surface area (TPSA) is 66.3 Å². The van der Waals surface area contributed by atoms with E-state index in [1.807, 2.05) is 0 Å². The molecule has 2 aromatic rings. The molecule has 0 atom stereocenters. The third kappa shape index (κ3) is 3.31. The van der Waals surface area contributed by atoms with Crippen LogP contribution in [0.1, 0.15) is 0 Å². The number of rotatable bonds is 4. The smallest absolute Gasteiger partial charge is 0.405 e. The number of carbonyl (C=O) groups is 1. The molecule has 2 rings (SSSR count). The van der Waals surface area contributed by atoms with Crippen LogP contribution in [0.3, 0.4) is 0 Å². The summed E-state index contributed by atoms with van der Waals surface area (Å²) in [4.78, 5) is 19.1. The Bertz CT molecular complexity index is 599. The monoisotopic (exact) mass is 291 g/mol. The molecule has 0 unspecified atom stereocenters. The Kier molecular flexibility index (Phi) is 3.56. The molecule has 0 spiro atoms. The number of hydrogen-bond donors (Lipinski definition) is 1. The van der Waals surface area contributed by atoms with Gasteiger partial charge >= 0.3 is 12.1 Å². The van der Waals surface area contributed by atoms with E-state index in [0.29, 0.717) is 15.1 Å². The largest absolute Gasteiger partial charge is 0.480 e. The zero-order valence-corrected chi connectivity index (χ0v) is 10.2. The summed E-state index contributed by atoms with van der Waals surface area (Å²) in [6.07, 6.45) is -3.39. The summed E-state index contributed by atoms with van der Waals surface area (Å²) in [5.41, 5.74) is 0.493. The minimum Gasteiger partial charge on any atom is -0.480 e. The lowest BCUT2D eigenvalue weighted by Crippen LogP contribution is -2.38. The Labute approximate surface area is 109 Å². The number of halogens is 3. The third-order valence-corrected chi connectivity index (χ3v) is 3.12. The van der Waals surface area contributed by atoms with Crippen molar-refractivity contribution in [3.8, 4) is 0 Å². The molecule has 2 heterocycles. The van der Waals surface area contributed by atoms with Crippen LogP contribution in [-0.2, 0) is 4.79 Å². The number of anilines is 1. The molecule has 1 N–H and O–H groups in total. The number of nitrogens with zero attached hydrogens (tertiary/aromatic N) is 3. The lowest BCUT2D eigenvalue weighted by atomic mass is 10.4. The lowest BCUT2D eigenvalue weighted by Gasteiger charge is -2.23. The highest BCUT2D eigenvalue weighted by Gasteiger charge is 2.33. The third-order valence-electron chi connectivity index (χ3n) is 2.22. The fourth-order valence-electron chi connectivity index (χ4n) is 1.59. The molecule has 0 aliphatic rings. The van der Waals surface area contributed by atoms with Gasteiger partial charge in [-0.3, -0.25) is 4.79 Å². The van der Waals surface area contributed by atoms with Gasteiger partial charge in [-0.1, -0.05) is 0 Å². The number of thiophene rings is 1. The molecule has 0 amide bonds. The Morgan fingerprint density at radius 3 is 2.79 bits per heavy atom. The fraction of sp³-hybridized carbons (Fsp3) is 0.300. The lowest BCUT2D eigenvalue weighted by molar-refractivity contribution is -0.136. The zero-order valence-electron chi connectivity index (χ0n) is 9.39. The first-order chi connectivity index (χ1) is 8.87. The summed E-state index contributed by atoms with van der Waals surface area (Å²) in [5.74, 6) is -1.37. The standard InChI is InChI=1S/C10H8F3N3O2S/c11-10(12,13)4-16(3-7(17)18)9-8-6(1-2-19-8)14-5-15-9/h1-2,5H,3-4H2,(H,17,18). The molecule has 0 saturated heterocycles. The second-order valence-electron chi connectivity index (χ2n) is 3.70. The molecule has 0 aromatic carbocycles. The van der Waals surface area contributed by atoms with Crippen molar-refractivity contribution >= 4 is 33.3 Å². The minimum atomic E-state index is -4.51. The second kappa shape index (κ2) is 5.00. The van der Waals surface area contributed by atoms with Gasteiger partial charge in [0.15, 0.2) is 5.82 Å². The van der Waals surface area contributed by atoms with Crippen LogP contribution in [0.2, 0.25) is 0 Å². The minimum absolute atomic E-state index is 0.0141. The van der Waals surface area contributed by atoms with Crippen molar-refractivity contribution < 1.29 is 23.1 Å². The molecule has 0 bridgehead atoms. The first kappa shape index (κ1) is 13.5. The molecule has 9 heteroatoms. The maximum Gasteiger partial charge on any atom is 0.405 e. The highest BCUT2D eigenvalue weighted by molar-refractivity contribution is 7.17. The quantitative estimate of drug-likeness (QED) is 0.935. The molecule has 5 nitrogen and oxygen atoms in total. The van der Waals surface area contributed by atoms with Crippen molar-refractivity contribution in [1.82, 2.24) is 9.97 Å². The zero-order chi connectivity index (χ0) is 14.0. The van der Waals surface area contributed by atoms with Crippen molar-refractivity contribution in [3.63, 3.8) is 0 Å². The normalized spacial score (nSPS) is 11.7. The van der Waals surface area contributed by atoms with E-state index in [1.54, 1.807) is 11.4 Å². The maximum absolute atomic E-state index is 12.5. The van der Waals surface area contributed by atoms with Gasteiger partial charge in [0.25, 0.3) is 0 Å². The van der Waals surface area contributed by atoms with Crippen molar-refractivity contribution in [2.75, 3.05) is 18.0 Å². The summed E-state index contributed by atoms with van der Waals surface area (Å²) in [7, 11) is 0. The van der Waals surface area contributed by atoms with E-state index in [2.05, 4.69) is 9.97 Å². The van der Waals surface area contributed by atoms with E-state index < -0.39 is 25.2 Å². The number of aromatic nitrogens is 2. The summed E-state index contributed by atoms with van der Waals surface area (Å²) in [6.45, 7) is -2.15. The van der Waals surface area contributed by atoms with Crippen LogP contribution in [0.5, 0.6) is 0 Å². The number of fused-ring (bicyclic) bond motifs is 1. The van der Waals surface area contributed by atoms with E-state index >= 15 is 0 Å². The highest BCUT2D eigenvalue weighted by Crippen LogP contribution is 2.29. The van der Waals surface area contributed by atoms with Crippen LogP contribution in [0.25, 0.3) is 10.2 Å². The van der Waals surface area contributed by atoms with Gasteiger partial charge in [-0.2, -0.15) is 13.2 Å². The van der Waals surface area contributed by atoms with Gasteiger partial charge in [-0.05, 0) is 11.4 Å². The van der Waals surface area contributed by atoms with Crippen LogP contribution in [0.15, 0.2) is 17.8 Å². The second-order valence-corrected chi connectivity index (χ2v) is 4.61. The first-order valence-electron chi connectivity index (χ1n) is 5.08. The van der Waals surface area contributed by atoms with Crippen molar-refractivity contribution in [1.29, 1.82) is 0 Å². The molecular weight excluding hydrogens is 283 g/mol. The van der Waals surface area contributed by atoms with Gasteiger partial charge in [-0.25, -0.2) is 9.97 Å². The summed E-state index contributed by atoms with van der Waals surface area (Å²) < 4.78 is 37.9. The molecule has 0 saturated carbocycles. The Balaban J connectivity index is 2.42. The predicted octanol–water partition coefficient (Wildman–Crippen LogP) is 2.14. The molecule has 0 aliphatic heterocycles. The average molecular weight is 291 g/mol. The van der Waals surface area contributed by atoms with E-state index in [-0.39, 0.29) is 5.82 Å². The number of carboxylic acid groups (broad SMARTS) is 1.